The molecule has 292 valence electrons. The number of anilines is 2. The highest BCUT2D eigenvalue weighted by Crippen LogP contribution is 2.64. The first kappa shape index (κ1) is 38.6. The van der Waals surface area contributed by atoms with Gasteiger partial charge in [-0.3, -0.25) is 19.0 Å². The van der Waals surface area contributed by atoms with E-state index >= 15 is 0 Å². The molecule has 2 aliphatic heterocycles. The number of amides is 3. The third-order valence-electron chi connectivity index (χ3n) is 12.3. The standard InChI is InChI=1S/C39H46BF3N6O6/c1-7-30(40-54-31-27-16-25(36(27,3)4)17-38(31,6)55-40)47-32(51)29-18-37(5,48-35(53)46-26-13-11-23(12-14-26)21(2)50)34-45-20-28(33(52)49(29)34)44-19-22-9-8-10-24(15-22)39(41,42)43/h8-15,20,25,27,29-31,44H,7,16-19H2,1-6H3,(H,47,51)(H2,46,48,53)/t25?,27?,29-,30-,31+,37+,38-/m0/s1. The van der Waals surface area contributed by atoms with Gasteiger partial charge < -0.3 is 30.6 Å². The van der Waals surface area contributed by atoms with Gasteiger partial charge in [0.05, 0.1) is 34.9 Å². The Morgan fingerprint density at radius 1 is 1.07 bits per heavy atom. The van der Waals surface area contributed by atoms with Crippen molar-refractivity contribution >= 4 is 36.2 Å². The van der Waals surface area contributed by atoms with E-state index in [0.717, 1.165) is 25.0 Å². The summed E-state index contributed by atoms with van der Waals surface area (Å²) >= 11 is 0. The van der Waals surface area contributed by atoms with Gasteiger partial charge >= 0.3 is 19.3 Å². The number of alkyl halides is 3. The Labute approximate surface area is 317 Å². The molecule has 3 amide bonds. The van der Waals surface area contributed by atoms with Crippen molar-refractivity contribution in [3.8, 4) is 0 Å². The van der Waals surface area contributed by atoms with E-state index in [1.165, 1.54) is 29.8 Å². The zero-order chi connectivity index (χ0) is 39.7. The molecule has 4 fully saturated rings. The van der Waals surface area contributed by atoms with E-state index < -0.39 is 59.5 Å². The molecule has 5 aliphatic rings. The van der Waals surface area contributed by atoms with Gasteiger partial charge in [0.15, 0.2) is 5.78 Å². The smallest absolute Gasteiger partial charge is 0.404 e. The van der Waals surface area contributed by atoms with Crippen molar-refractivity contribution in [1.29, 1.82) is 0 Å². The topological polar surface area (TPSA) is 153 Å². The molecule has 3 heterocycles. The maximum atomic E-state index is 14.3. The molecule has 1 aromatic heterocycles. The number of aromatic nitrogens is 2. The van der Waals surface area contributed by atoms with Gasteiger partial charge in [-0.05, 0) is 99.2 Å². The van der Waals surface area contributed by atoms with Crippen molar-refractivity contribution in [2.24, 2.45) is 17.3 Å². The number of rotatable bonds is 10. The van der Waals surface area contributed by atoms with Crippen molar-refractivity contribution in [3.05, 3.63) is 87.6 Å². The van der Waals surface area contributed by atoms with E-state index in [4.69, 9.17) is 9.31 Å². The average molecular weight is 763 g/mol. The molecule has 2 unspecified atom stereocenters. The number of fused-ring (bicyclic) bond motifs is 1. The van der Waals surface area contributed by atoms with Gasteiger partial charge in [0.1, 0.15) is 17.6 Å². The molecular formula is C39H46BF3N6O6. The number of nitrogens with zero attached hydrogens (tertiary/aromatic N) is 2. The Morgan fingerprint density at radius 3 is 2.45 bits per heavy atom. The summed E-state index contributed by atoms with van der Waals surface area (Å²) in [5.74, 6) is -0.192. The zero-order valence-corrected chi connectivity index (χ0v) is 31.7. The minimum Gasteiger partial charge on any atom is -0.404 e. The van der Waals surface area contributed by atoms with Crippen molar-refractivity contribution < 1.29 is 36.9 Å². The number of carbonyl (C=O) groups is 3. The van der Waals surface area contributed by atoms with Crippen LogP contribution in [0.5, 0.6) is 0 Å². The summed E-state index contributed by atoms with van der Waals surface area (Å²) in [6.45, 7) is 11.5. The summed E-state index contributed by atoms with van der Waals surface area (Å²) < 4.78 is 54.5. The molecule has 0 spiro atoms. The molecule has 2 aromatic carbocycles. The molecule has 8 rings (SSSR count). The van der Waals surface area contributed by atoms with Gasteiger partial charge in [-0.2, -0.15) is 13.2 Å². The molecule has 3 aromatic rings. The molecule has 3 aliphatic carbocycles. The Bertz CT molecular complexity index is 2080. The van der Waals surface area contributed by atoms with Gasteiger partial charge in [0.25, 0.3) is 5.56 Å². The van der Waals surface area contributed by atoms with E-state index in [1.54, 1.807) is 31.2 Å². The first-order valence-electron chi connectivity index (χ1n) is 18.7. The number of hydrogen-bond acceptors (Lipinski definition) is 8. The first-order valence-corrected chi connectivity index (χ1v) is 18.7. The van der Waals surface area contributed by atoms with Crippen molar-refractivity contribution in [1.82, 2.24) is 20.2 Å². The second-order valence-corrected chi connectivity index (χ2v) is 16.4. The third-order valence-corrected chi connectivity index (χ3v) is 12.3. The molecule has 3 saturated carbocycles. The number of ketones is 1. The third kappa shape index (κ3) is 7.03. The number of Topliss-reactive ketones (excluding diaryl/α,β-unsaturated/α-hetero) is 1. The van der Waals surface area contributed by atoms with Crippen molar-refractivity contribution in [2.75, 3.05) is 10.6 Å². The summed E-state index contributed by atoms with van der Waals surface area (Å²) in [4.78, 5) is 58.2. The minimum absolute atomic E-state index is 0.0358. The molecular weight excluding hydrogens is 716 g/mol. The Balaban J connectivity index is 1.14. The molecule has 1 saturated heterocycles. The molecule has 12 nitrogen and oxygen atoms in total. The number of nitrogens with one attached hydrogen (secondary N) is 4. The van der Waals surface area contributed by atoms with Gasteiger partial charge in [-0.25, -0.2) is 9.78 Å². The van der Waals surface area contributed by atoms with E-state index in [2.05, 4.69) is 47.0 Å². The fraction of sp³-hybridized carbons (Fsp3) is 0.513. The number of halogens is 3. The maximum Gasteiger partial charge on any atom is 0.481 e. The lowest BCUT2D eigenvalue weighted by atomic mass is 9.45. The van der Waals surface area contributed by atoms with E-state index in [-0.39, 0.29) is 47.3 Å². The predicted octanol–water partition coefficient (Wildman–Crippen LogP) is 6.22. The van der Waals surface area contributed by atoms with E-state index in [1.807, 2.05) is 6.92 Å². The quantitative estimate of drug-likeness (QED) is 0.140. The normalized spacial score (nSPS) is 28.0. The average Bonchev–Trinajstić information content (AvgIpc) is 3.64. The van der Waals surface area contributed by atoms with Crippen LogP contribution in [0.2, 0.25) is 0 Å². The van der Waals surface area contributed by atoms with Gasteiger partial charge in [-0.1, -0.05) is 32.9 Å². The summed E-state index contributed by atoms with van der Waals surface area (Å²) in [5.41, 5.74) is -1.97. The number of carbonyl (C=O) groups excluding carboxylic acids is 3. The number of urea groups is 1. The first-order chi connectivity index (χ1) is 25.8. The zero-order valence-electron chi connectivity index (χ0n) is 31.7. The minimum atomic E-state index is -4.54. The lowest BCUT2D eigenvalue weighted by molar-refractivity contribution is -0.185. The van der Waals surface area contributed by atoms with Gasteiger partial charge in [0, 0.05) is 24.2 Å². The van der Waals surface area contributed by atoms with Crippen LogP contribution in [0.4, 0.5) is 29.3 Å². The van der Waals surface area contributed by atoms with Gasteiger partial charge in [-0.15, -0.1) is 0 Å². The Hall–Kier alpha value is -4.70. The fourth-order valence-corrected chi connectivity index (χ4v) is 8.99. The van der Waals surface area contributed by atoms with Crippen LogP contribution < -0.4 is 26.8 Å². The molecule has 16 heteroatoms. The lowest BCUT2D eigenvalue weighted by Gasteiger charge is -2.63. The maximum absolute atomic E-state index is 14.3. The monoisotopic (exact) mass is 762 g/mol. The summed E-state index contributed by atoms with van der Waals surface area (Å²) in [5, 5.41) is 11.6. The lowest BCUT2D eigenvalue weighted by Crippen LogP contribution is -2.63. The predicted molar refractivity (Wildman–Crippen MR) is 199 cm³/mol. The summed E-state index contributed by atoms with van der Waals surface area (Å²) in [6.07, 6.45) is -1.03. The second-order valence-electron chi connectivity index (χ2n) is 16.4. The molecule has 55 heavy (non-hydrogen) atoms. The van der Waals surface area contributed by atoms with Gasteiger partial charge in [0.2, 0.25) is 5.91 Å². The summed E-state index contributed by atoms with van der Waals surface area (Å²) in [7, 11) is -0.708. The molecule has 2 bridgehead atoms. The SMILES string of the molecule is CC[C@H](NC(=O)[C@@H]1C[C@@](C)(NC(=O)Nc2ccc(C(C)=O)cc2)c2ncc(NCc3cccc(C(F)(F)F)c3)c(=O)n21)B1O[C@@H]2C3CC(C[C@]2(C)O1)C3(C)C. The van der Waals surface area contributed by atoms with Crippen molar-refractivity contribution in [2.45, 2.75) is 109 Å². The van der Waals surface area contributed by atoms with Crippen molar-refractivity contribution in [3.63, 3.8) is 0 Å². The van der Waals surface area contributed by atoms with Crippen LogP contribution in [-0.4, -0.2) is 52.0 Å². The van der Waals surface area contributed by atoms with Crippen LogP contribution in [0.25, 0.3) is 0 Å². The molecule has 7 atom stereocenters. The largest absolute Gasteiger partial charge is 0.481 e. The highest BCUT2D eigenvalue weighted by atomic mass is 19.4. The highest BCUT2D eigenvalue weighted by molar-refractivity contribution is 6.47. The fourth-order valence-electron chi connectivity index (χ4n) is 8.99. The van der Waals surface area contributed by atoms with E-state index in [9.17, 15) is 32.3 Å². The number of hydrogen-bond donors (Lipinski definition) is 4. The Kier molecular flexibility index (Phi) is 9.68. The molecule has 0 radical (unpaired) electrons. The van der Waals surface area contributed by atoms with Crippen LogP contribution in [0.1, 0.15) is 101 Å². The van der Waals surface area contributed by atoms with Crippen LogP contribution in [0, 0.1) is 17.3 Å². The number of benzene rings is 2. The highest BCUT2D eigenvalue weighted by Gasteiger charge is 2.67. The molecule has 4 N–H and O–H groups in total. The Morgan fingerprint density at radius 2 is 1.80 bits per heavy atom. The van der Waals surface area contributed by atoms with Crippen LogP contribution in [0.15, 0.2) is 59.5 Å². The van der Waals surface area contributed by atoms with Crippen LogP contribution >= 0.6 is 0 Å². The second kappa shape index (κ2) is 13.8. The van der Waals surface area contributed by atoms with Crippen LogP contribution in [0.3, 0.4) is 0 Å². The van der Waals surface area contributed by atoms with Crippen LogP contribution in [-0.2, 0) is 32.4 Å². The summed E-state index contributed by atoms with van der Waals surface area (Å²) in [6, 6.07) is 9.32. The van der Waals surface area contributed by atoms with E-state index in [0.29, 0.717) is 29.5 Å².